The van der Waals surface area contributed by atoms with Gasteiger partial charge in [-0.25, -0.2) is 37.2 Å². The fourth-order valence-electron chi connectivity index (χ4n) is 3.10. The molecule has 3 aromatic rings. The molecule has 0 radical (unpaired) electrons. The molecule has 1 aliphatic rings. The molecule has 0 bridgehead atoms. The van der Waals surface area contributed by atoms with E-state index in [2.05, 4.69) is 20.3 Å². The SMILES string of the molecule is C[C@H](Nc1ncc(F)c(N2C(=O)OCC2CF)n1)c1cn(-c2cc(F)c(Cl)cc2F)cn1. The minimum Gasteiger partial charge on any atom is -0.447 e. The minimum atomic E-state index is -0.998. The van der Waals surface area contributed by atoms with Crippen molar-refractivity contribution >= 4 is 29.5 Å². The van der Waals surface area contributed by atoms with Gasteiger partial charge in [-0.3, -0.25) is 0 Å². The standard InChI is InChI=1S/C19H15ClF4N6O2/c1-9(15-6-29(8-26-15)16-3-12(22)11(20)2-13(16)23)27-18-25-5-14(24)17(28-18)30-10(4-21)7-32-19(30)31/h2-3,5-6,8-10H,4,7H2,1H3,(H,25,27,28)/t9-,10?/m0/s1. The Kier molecular flexibility index (Phi) is 5.87. The van der Waals surface area contributed by atoms with Crippen LogP contribution in [0.25, 0.3) is 5.69 Å². The van der Waals surface area contributed by atoms with Gasteiger partial charge < -0.3 is 14.6 Å². The number of rotatable bonds is 6. The Hall–Kier alpha value is -3.41. The zero-order valence-corrected chi connectivity index (χ0v) is 17.2. The number of alkyl halides is 1. The number of cyclic esters (lactones) is 1. The molecule has 32 heavy (non-hydrogen) atoms. The Morgan fingerprint density at radius 3 is 2.78 bits per heavy atom. The molecule has 1 amide bonds. The van der Waals surface area contributed by atoms with Gasteiger partial charge in [0.25, 0.3) is 0 Å². The summed E-state index contributed by atoms with van der Waals surface area (Å²) in [7, 11) is 0. The van der Waals surface area contributed by atoms with Gasteiger partial charge in [-0.15, -0.1) is 0 Å². The molecule has 13 heteroatoms. The first kappa shape index (κ1) is 21.8. The summed E-state index contributed by atoms with van der Waals surface area (Å²) >= 11 is 5.57. The lowest BCUT2D eigenvalue weighted by atomic mass is 10.2. The second kappa shape index (κ2) is 8.61. The van der Waals surface area contributed by atoms with Gasteiger partial charge in [0, 0.05) is 12.3 Å². The van der Waals surface area contributed by atoms with Gasteiger partial charge in [0.2, 0.25) is 5.95 Å². The average Bonchev–Trinajstić information content (AvgIpc) is 3.39. The van der Waals surface area contributed by atoms with E-state index in [9.17, 15) is 22.4 Å². The maximum atomic E-state index is 14.2. The van der Waals surface area contributed by atoms with Crippen molar-refractivity contribution in [2.45, 2.75) is 19.0 Å². The van der Waals surface area contributed by atoms with Crippen LogP contribution >= 0.6 is 11.6 Å². The Labute approximate surface area is 183 Å². The van der Waals surface area contributed by atoms with E-state index in [1.54, 1.807) is 6.92 Å². The highest BCUT2D eigenvalue weighted by Crippen LogP contribution is 2.27. The van der Waals surface area contributed by atoms with Gasteiger partial charge in [-0.1, -0.05) is 11.6 Å². The van der Waals surface area contributed by atoms with Crippen LogP contribution in [0.1, 0.15) is 18.7 Å². The quantitative estimate of drug-likeness (QED) is 0.429. The summed E-state index contributed by atoms with van der Waals surface area (Å²) in [5, 5.41) is 2.53. The Balaban J connectivity index is 1.56. The molecule has 1 unspecified atom stereocenters. The van der Waals surface area contributed by atoms with E-state index < -0.39 is 48.1 Å². The molecular weight excluding hydrogens is 456 g/mol. The number of nitrogens with one attached hydrogen (secondary N) is 1. The number of amides is 1. The molecule has 1 aromatic carbocycles. The maximum absolute atomic E-state index is 14.2. The van der Waals surface area contributed by atoms with Crippen LogP contribution in [0.5, 0.6) is 0 Å². The van der Waals surface area contributed by atoms with Crippen LogP contribution in [0, 0.1) is 17.5 Å². The van der Waals surface area contributed by atoms with Crippen molar-refractivity contribution in [1.29, 1.82) is 0 Å². The minimum absolute atomic E-state index is 0.0653. The molecule has 1 N–H and O–H groups in total. The lowest BCUT2D eigenvalue weighted by Crippen LogP contribution is -2.36. The Bertz CT molecular complexity index is 1180. The summed E-state index contributed by atoms with van der Waals surface area (Å²) in [6.45, 7) is 0.511. The lowest BCUT2D eigenvalue weighted by Gasteiger charge is -2.19. The van der Waals surface area contributed by atoms with E-state index in [4.69, 9.17) is 16.3 Å². The predicted octanol–water partition coefficient (Wildman–Crippen LogP) is 4.20. The van der Waals surface area contributed by atoms with Crippen LogP contribution < -0.4 is 10.2 Å². The van der Waals surface area contributed by atoms with Crippen molar-refractivity contribution in [1.82, 2.24) is 19.5 Å². The number of ether oxygens (including phenoxy) is 1. The first-order valence-corrected chi connectivity index (χ1v) is 9.66. The second-order valence-electron chi connectivity index (χ2n) is 6.91. The molecule has 0 saturated carbocycles. The van der Waals surface area contributed by atoms with Gasteiger partial charge in [-0.05, 0) is 13.0 Å². The monoisotopic (exact) mass is 470 g/mol. The van der Waals surface area contributed by atoms with Crippen LogP contribution in [-0.4, -0.2) is 44.9 Å². The van der Waals surface area contributed by atoms with Crippen LogP contribution in [-0.2, 0) is 4.74 Å². The van der Waals surface area contributed by atoms with Crippen molar-refractivity contribution in [3.8, 4) is 5.69 Å². The molecule has 1 saturated heterocycles. The summed E-state index contributed by atoms with van der Waals surface area (Å²) < 4.78 is 61.3. The van der Waals surface area contributed by atoms with E-state index in [0.717, 1.165) is 23.2 Å². The van der Waals surface area contributed by atoms with Crippen molar-refractivity contribution in [3.63, 3.8) is 0 Å². The molecule has 0 spiro atoms. The van der Waals surface area contributed by atoms with Crippen molar-refractivity contribution in [2.24, 2.45) is 0 Å². The second-order valence-corrected chi connectivity index (χ2v) is 7.32. The summed E-state index contributed by atoms with van der Waals surface area (Å²) in [4.78, 5) is 24.6. The summed E-state index contributed by atoms with van der Waals surface area (Å²) in [6.07, 6.45) is 2.65. The van der Waals surface area contributed by atoms with Gasteiger partial charge in [0.1, 0.15) is 31.0 Å². The third kappa shape index (κ3) is 4.05. The Morgan fingerprint density at radius 2 is 2.03 bits per heavy atom. The molecule has 168 valence electrons. The smallest absolute Gasteiger partial charge is 0.416 e. The van der Waals surface area contributed by atoms with Gasteiger partial charge in [-0.2, -0.15) is 4.98 Å². The fraction of sp³-hybridized carbons (Fsp3) is 0.263. The van der Waals surface area contributed by atoms with Gasteiger partial charge in [0.05, 0.1) is 35.0 Å². The number of nitrogens with zero attached hydrogens (tertiary/aromatic N) is 5. The summed E-state index contributed by atoms with van der Waals surface area (Å²) in [6, 6.07) is 0.238. The van der Waals surface area contributed by atoms with E-state index in [0.29, 0.717) is 5.69 Å². The average molecular weight is 471 g/mol. The lowest BCUT2D eigenvalue weighted by molar-refractivity contribution is 0.177. The first-order valence-electron chi connectivity index (χ1n) is 9.28. The predicted molar refractivity (Wildman–Crippen MR) is 106 cm³/mol. The molecule has 2 aromatic heterocycles. The van der Waals surface area contributed by atoms with E-state index >= 15 is 0 Å². The molecule has 0 aliphatic carbocycles. The highest BCUT2D eigenvalue weighted by Gasteiger charge is 2.37. The topological polar surface area (TPSA) is 85.2 Å². The molecule has 8 nitrogen and oxygen atoms in total. The molecule has 4 rings (SSSR count). The number of imidazole rings is 1. The normalized spacial score (nSPS) is 16.9. The van der Waals surface area contributed by atoms with Gasteiger partial charge >= 0.3 is 6.09 Å². The number of benzene rings is 1. The van der Waals surface area contributed by atoms with Crippen molar-refractivity contribution < 1.29 is 27.1 Å². The first-order chi connectivity index (χ1) is 15.3. The Morgan fingerprint density at radius 1 is 1.25 bits per heavy atom. The van der Waals surface area contributed by atoms with Gasteiger partial charge in [0.15, 0.2) is 11.6 Å². The van der Waals surface area contributed by atoms with Crippen molar-refractivity contribution in [2.75, 3.05) is 23.5 Å². The number of hydrogen-bond donors (Lipinski definition) is 1. The van der Waals surface area contributed by atoms with E-state index in [1.807, 2.05) is 0 Å². The molecule has 1 aliphatic heterocycles. The number of carbonyl (C=O) groups excluding carboxylic acids is 1. The van der Waals surface area contributed by atoms with Crippen LogP contribution in [0.3, 0.4) is 0 Å². The molecule has 2 atom stereocenters. The highest BCUT2D eigenvalue weighted by atomic mass is 35.5. The van der Waals surface area contributed by atoms with E-state index in [-0.39, 0.29) is 23.3 Å². The van der Waals surface area contributed by atoms with Crippen LogP contribution in [0.15, 0.2) is 30.9 Å². The largest absolute Gasteiger partial charge is 0.447 e. The molecule has 3 heterocycles. The summed E-state index contributed by atoms with van der Waals surface area (Å²) in [5.41, 5.74) is 0.305. The molecular formula is C19H15ClF4N6O2. The third-order valence-electron chi connectivity index (χ3n) is 4.75. The van der Waals surface area contributed by atoms with Crippen LogP contribution in [0.4, 0.5) is 34.1 Å². The summed E-state index contributed by atoms with van der Waals surface area (Å²) in [5.74, 6) is -2.95. The third-order valence-corrected chi connectivity index (χ3v) is 5.04. The number of carbonyl (C=O) groups is 1. The van der Waals surface area contributed by atoms with Crippen molar-refractivity contribution in [3.05, 3.63) is 59.0 Å². The number of halogens is 5. The van der Waals surface area contributed by atoms with E-state index in [1.165, 1.54) is 17.1 Å². The maximum Gasteiger partial charge on any atom is 0.416 e. The van der Waals surface area contributed by atoms with Crippen LogP contribution in [0.2, 0.25) is 5.02 Å². The number of anilines is 2. The zero-order valence-electron chi connectivity index (χ0n) is 16.4. The number of hydrogen-bond acceptors (Lipinski definition) is 6. The zero-order chi connectivity index (χ0) is 23.0. The highest BCUT2D eigenvalue weighted by molar-refractivity contribution is 6.30. The molecule has 1 fully saturated rings. The fourth-order valence-corrected chi connectivity index (χ4v) is 3.25. The number of aromatic nitrogens is 4.